The van der Waals surface area contributed by atoms with Crippen LogP contribution in [0.4, 0.5) is 0 Å². The first-order chi connectivity index (χ1) is 18.8. The summed E-state index contributed by atoms with van der Waals surface area (Å²) in [5.74, 6) is 0. The van der Waals surface area contributed by atoms with Crippen LogP contribution in [0.1, 0.15) is 5.56 Å². The van der Waals surface area contributed by atoms with Crippen LogP contribution in [0.2, 0.25) is 0 Å². The summed E-state index contributed by atoms with van der Waals surface area (Å²) < 4.78 is 0. The first-order valence-corrected chi connectivity index (χ1v) is 14.4. The van der Waals surface area contributed by atoms with Crippen LogP contribution in [-0.2, 0) is 26.2 Å². The summed E-state index contributed by atoms with van der Waals surface area (Å²) in [5.41, 5.74) is 3.95. The Hall–Kier alpha value is -2.79. The minimum Gasteiger partial charge on any atom is -1.00 e. The predicted octanol–water partition coefficient (Wildman–Crippen LogP) is 2.86. The van der Waals surface area contributed by atoms with Crippen LogP contribution in [-0.4, -0.2) is 0 Å². The second kappa shape index (κ2) is 15.4. The molecule has 0 atom stereocenters. The zero-order valence-corrected chi connectivity index (χ0v) is 27.6. The van der Waals surface area contributed by atoms with E-state index in [1.54, 1.807) is 0 Å². The summed E-state index contributed by atoms with van der Waals surface area (Å²) >= 11 is 0. The van der Waals surface area contributed by atoms with Crippen molar-refractivity contribution in [1.82, 2.24) is 0 Å². The maximum atomic E-state index is 2.35. The normalized spacial score (nSPS) is 10.2. The Kier molecular flexibility index (Phi) is 12.3. The summed E-state index contributed by atoms with van der Waals surface area (Å²) in [6.45, 7) is 2.15. The first kappa shape index (κ1) is 32.7. The molecule has 0 N–H and O–H groups in total. The van der Waals surface area contributed by atoms with Gasteiger partial charge in [0.1, 0.15) is 0 Å². The summed E-state index contributed by atoms with van der Waals surface area (Å²) in [6.07, 6.45) is 0. The van der Waals surface area contributed by atoms with E-state index in [0.29, 0.717) is 0 Å². The Morgan fingerprint density at radius 2 is 1.05 bits per heavy atom. The molecule has 0 aliphatic carbocycles. The van der Waals surface area contributed by atoms with Gasteiger partial charge in [0.25, 0.3) is 0 Å². The number of benzene rings is 5. The van der Waals surface area contributed by atoms with Crippen LogP contribution in [0.5, 0.6) is 0 Å². The van der Waals surface area contributed by atoms with Gasteiger partial charge in [0.15, 0.2) is 0 Å². The smallest absolute Gasteiger partial charge is 1.00 e. The van der Waals surface area contributed by atoms with Crippen LogP contribution < -0.4 is 40.7 Å². The fraction of sp³-hybridized carbons (Fsp3) is 0.0270. The molecule has 4 heteroatoms. The maximum Gasteiger partial charge on any atom is 4.00 e. The molecule has 7 aromatic carbocycles. The van der Waals surface area contributed by atoms with Crippen molar-refractivity contribution in [2.75, 3.05) is 0 Å². The third-order valence-electron chi connectivity index (χ3n) is 6.87. The molecule has 41 heavy (non-hydrogen) atoms. The molecule has 200 valence electrons. The Morgan fingerprint density at radius 3 is 1.66 bits per heavy atom. The molecule has 0 fully saturated rings. The molecule has 7 aromatic rings. The van der Waals surface area contributed by atoms with Gasteiger partial charge in [0.2, 0.25) is 0 Å². The van der Waals surface area contributed by atoms with Gasteiger partial charge in [-0.15, -0.1) is 74.9 Å². The van der Waals surface area contributed by atoms with Crippen molar-refractivity contribution in [3.8, 4) is 11.1 Å². The molecule has 0 radical (unpaired) electrons. The van der Waals surface area contributed by atoms with Gasteiger partial charge < -0.3 is 24.8 Å². The van der Waals surface area contributed by atoms with E-state index in [9.17, 15) is 0 Å². The number of rotatable bonds is 4. The molecule has 0 saturated carbocycles. The first-order valence-electron chi connectivity index (χ1n) is 13.0. The van der Waals surface area contributed by atoms with Gasteiger partial charge in [-0.2, -0.15) is 12.1 Å². The molecule has 0 aromatic heterocycles. The molecule has 0 nitrogen and oxygen atoms in total. The minimum atomic E-state index is -0.493. The molecule has 0 unspecified atom stereocenters. The summed E-state index contributed by atoms with van der Waals surface area (Å²) in [5, 5.41) is 9.57. The SMILES string of the molecule is Cc1cc2c(-c3ccccc3)cccc2[cH-]1.[Cl-].[Cl-].[Zr+4].c1ccc(P(c2ccccc2)c2cc3ccccc3[cH-]2)cc1. The van der Waals surface area contributed by atoms with Crippen LogP contribution in [0, 0.1) is 6.92 Å². The standard InChI is InChI=1S/C21H16P.C16H13.2ClH.Zr/c1-3-11-19(12-4-1)22(20-13-5-2-6-14-20)21-15-17-9-7-8-10-18(17)16-21;1-12-10-14-8-5-9-15(16(14)11-12)13-6-3-2-4-7-13;;;/h1-16H;2-11H,1H3;2*1H;/q2*-1;;;+4/p-2. The molecule has 0 aliphatic rings. The summed E-state index contributed by atoms with van der Waals surface area (Å²) in [7, 11) is -0.493. The quantitative estimate of drug-likeness (QED) is 0.201. The van der Waals surface area contributed by atoms with Crippen molar-refractivity contribution < 1.29 is 51.0 Å². The van der Waals surface area contributed by atoms with Crippen molar-refractivity contribution in [2.45, 2.75) is 6.92 Å². The second-order valence-corrected chi connectivity index (χ2v) is 11.8. The van der Waals surface area contributed by atoms with Crippen LogP contribution in [0.15, 0.2) is 158 Å². The molecule has 7 rings (SSSR count). The summed E-state index contributed by atoms with van der Waals surface area (Å²) in [6, 6.07) is 56.6. The molecule has 0 bridgehead atoms. The van der Waals surface area contributed by atoms with E-state index in [0.717, 1.165) is 0 Å². The number of halogens is 2. The van der Waals surface area contributed by atoms with Crippen molar-refractivity contribution in [3.05, 3.63) is 163 Å². The van der Waals surface area contributed by atoms with E-state index in [1.165, 1.54) is 54.1 Å². The number of aryl methyl sites for hydroxylation is 1. The Balaban J connectivity index is 0.000000219. The molecule has 0 heterocycles. The average Bonchev–Trinajstić information content (AvgIpc) is 3.57. The Bertz CT molecular complexity index is 1700. The van der Waals surface area contributed by atoms with E-state index < -0.39 is 7.92 Å². The van der Waals surface area contributed by atoms with Gasteiger partial charge in [0, 0.05) is 0 Å². The van der Waals surface area contributed by atoms with Gasteiger partial charge in [-0.1, -0.05) is 116 Å². The number of fused-ring (bicyclic) bond motifs is 2. The molecular formula is C37H29Cl2PZr. The van der Waals surface area contributed by atoms with Crippen molar-refractivity contribution in [1.29, 1.82) is 0 Å². The second-order valence-electron chi connectivity index (χ2n) is 9.56. The van der Waals surface area contributed by atoms with Gasteiger partial charge in [0.05, 0.1) is 0 Å². The predicted molar refractivity (Wildman–Crippen MR) is 168 cm³/mol. The monoisotopic (exact) mass is 664 g/mol. The van der Waals surface area contributed by atoms with E-state index >= 15 is 0 Å². The molecular weight excluding hydrogens is 638 g/mol. The maximum absolute atomic E-state index is 2.35. The molecule has 0 amide bonds. The summed E-state index contributed by atoms with van der Waals surface area (Å²) in [4.78, 5) is 0. The number of hydrogen-bond donors (Lipinski definition) is 0. The van der Waals surface area contributed by atoms with Crippen molar-refractivity contribution >= 4 is 45.4 Å². The largest absolute Gasteiger partial charge is 4.00 e. The molecule has 0 aliphatic heterocycles. The van der Waals surface area contributed by atoms with Crippen LogP contribution in [0.25, 0.3) is 32.7 Å². The van der Waals surface area contributed by atoms with E-state index in [1.807, 2.05) is 0 Å². The Labute approximate surface area is 275 Å². The third kappa shape index (κ3) is 7.54. The topological polar surface area (TPSA) is 0 Å². The fourth-order valence-electron chi connectivity index (χ4n) is 5.12. The van der Waals surface area contributed by atoms with E-state index in [2.05, 4.69) is 165 Å². The van der Waals surface area contributed by atoms with Gasteiger partial charge >= 0.3 is 26.2 Å². The molecule has 0 saturated heterocycles. The zero-order chi connectivity index (χ0) is 25.7. The molecule has 0 spiro atoms. The van der Waals surface area contributed by atoms with Gasteiger partial charge in [-0.05, 0) is 24.1 Å². The van der Waals surface area contributed by atoms with Gasteiger partial charge in [-0.3, -0.25) is 0 Å². The number of hydrogen-bond acceptors (Lipinski definition) is 0. The zero-order valence-electron chi connectivity index (χ0n) is 22.7. The van der Waals surface area contributed by atoms with Gasteiger partial charge in [-0.25, -0.2) is 0 Å². The Morgan fingerprint density at radius 1 is 0.512 bits per heavy atom. The third-order valence-corrected chi connectivity index (χ3v) is 9.27. The van der Waals surface area contributed by atoms with E-state index in [-0.39, 0.29) is 51.0 Å². The minimum absolute atomic E-state index is 0. The fourth-order valence-corrected chi connectivity index (χ4v) is 7.49. The van der Waals surface area contributed by atoms with Crippen molar-refractivity contribution in [2.24, 2.45) is 0 Å². The average molecular weight is 667 g/mol. The van der Waals surface area contributed by atoms with Crippen LogP contribution >= 0.6 is 7.92 Å². The van der Waals surface area contributed by atoms with E-state index in [4.69, 9.17) is 0 Å². The van der Waals surface area contributed by atoms with Crippen LogP contribution in [0.3, 0.4) is 0 Å². The van der Waals surface area contributed by atoms with Crippen molar-refractivity contribution in [3.63, 3.8) is 0 Å².